The molecular weight excluding hydrogens is 236 g/mol. The Bertz CT molecular complexity index is 507. The summed E-state index contributed by atoms with van der Waals surface area (Å²) in [4.78, 5) is 0.377. The first-order valence-electron chi connectivity index (χ1n) is 5.73. The molecule has 0 aliphatic heterocycles. The Labute approximate surface area is 102 Å². The quantitative estimate of drug-likeness (QED) is 0.831. The lowest BCUT2D eigenvalue weighted by atomic mass is 10.2. The molecule has 1 aliphatic rings. The first-order valence-corrected chi connectivity index (χ1v) is 7.22. The first-order chi connectivity index (χ1) is 7.97. The van der Waals surface area contributed by atoms with Crippen LogP contribution in [0.4, 0.5) is 0 Å². The van der Waals surface area contributed by atoms with Crippen molar-refractivity contribution in [3.05, 3.63) is 29.8 Å². The Morgan fingerprint density at radius 1 is 1.29 bits per heavy atom. The summed E-state index contributed by atoms with van der Waals surface area (Å²) >= 11 is 0. The molecule has 1 aromatic carbocycles. The molecule has 1 fully saturated rings. The maximum atomic E-state index is 12.2. The van der Waals surface area contributed by atoms with Gasteiger partial charge >= 0.3 is 0 Å². The standard InChI is InChI=1S/C12H18N2O2S/c1-12(7-8-12)14-17(15,16)11-6-4-3-5-10(11)9-13-2/h3-6,13-14H,7-9H2,1-2H3. The zero-order valence-corrected chi connectivity index (χ0v) is 11.0. The summed E-state index contributed by atoms with van der Waals surface area (Å²) in [6.07, 6.45) is 1.83. The minimum atomic E-state index is -3.40. The van der Waals surface area contributed by atoms with E-state index in [0.29, 0.717) is 11.4 Å². The molecule has 0 aromatic heterocycles. The number of rotatable bonds is 5. The molecule has 5 heteroatoms. The lowest BCUT2D eigenvalue weighted by Crippen LogP contribution is -2.35. The number of hydrogen-bond acceptors (Lipinski definition) is 3. The average molecular weight is 254 g/mol. The summed E-state index contributed by atoms with van der Waals surface area (Å²) < 4.78 is 27.3. The van der Waals surface area contributed by atoms with Crippen LogP contribution in [0, 0.1) is 0 Å². The fourth-order valence-corrected chi connectivity index (χ4v) is 3.48. The Balaban J connectivity index is 2.31. The molecule has 0 atom stereocenters. The summed E-state index contributed by atoms with van der Waals surface area (Å²) in [6.45, 7) is 2.49. The van der Waals surface area contributed by atoms with Gasteiger partial charge in [-0.3, -0.25) is 0 Å². The average Bonchev–Trinajstić information content (AvgIpc) is 2.96. The lowest BCUT2D eigenvalue weighted by molar-refractivity contribution is 0.556. The van der Waals surface area contributed by atoms with Crippen LogP contribution in [0.2, 0.25) is 0 Å². The molecule has 94 valence electrons. The van der Waals surface area contributed by atoms with E-state index in [2.05, 4.69) is 10.0 Å². The SMILES string of the molecule is CNCc1ccccc1S(=O)(=O)NC1(C)CC1. The zero-order valence-electron chi connectivity index (χ0n) is 10.2. The molecule has 2 N–H and O–H groups in total. The van der Waals surface area contributed by atoms with Crippen LogP contribution in [0.3, 0.4) is 0 Å². The fraction of sp³-hybridized carbons (Fsp3) is 0.500. The van der Waals surface area contributed by atoms with E-state index in [1.54, 1.807) is 19.2 Å². The summed E-state index contributed by atoms with van der Waals surface area (Å²) in [5.41, 5.74) is 0.567. The molecule has 0 unspecified atom stereocenters. The van der Waals surface area contributed by atoms with Gasteiger partial charge in [0.05, 0.1) is 4.90 Å². The van der Waals surface area contributed by atoms with Gasteiger partial charge in [0, 0.05) is 12.1 Å². The van der Waals surface area contributed by atoms with Gasteiger partial charge < -0.3 is 5.32 Å². The van der Waals surface area contributed by atoms with Gasteiger partial charge in [0.25, 0.3) is 0 Å². The van der Waals surface area contributed by atoms with E-state index in [0.717, 1.165) is 18.4 Å². The van der Waals surface area contributed by atoms with E-state index < -0.39 is 10.0 Å². The highest BCUT2D eigenvalue weighted by Crippen LogP contribution is 2.36. The number of hydrogen-bond donors (Lipinski definition) is 2. The van der Waals surface area contributed by atoms with Crippen molar-refractivity contribution in [2.75, 3.05) is 7.05 Å². The second-order valence-electron chi connectivity index (χ2n) is 4.80. The van der Waals surface area contributed by atoms with Gasteiger partial charge in [-0.25, -0.2) is 13.1 Å². The Morgan fingerprint density at radius 3 is 2.53 bits per heavy atom. The molecule has 0 bridgehead atoms. The molecule has 1 aromatic rings. The third-order valence-corrected chi connectivity index (χ3v) is 4.75. The van der Waals surface area contributed by atoms with Crippen molar-refractivity contribution in [2.24, 2.45) is 0 Å². The van der Waals surface area contributed by atoms with Crippen LogP contribution in [0.5, 0.6) is 0 Å². The Kier molecular flexibility index (Phi) is 3.25. The van der Waals surface area contributed by atoms with E-state index in [4.69, 9.17) is 0 Å². The van der Waals surface area contributed by atoms with E-state index in [9.17, 15) is 8.42 Å². The molecule has 2 rings (SSSR count). The predicted octanol–water partition coefficient (Wildman–Crippen LogP) is 1.24. The molecular formula is C12H18N2O2S. The monoisotopic (exact) mass is 254 g/mol. The van der Waals surface area contributed by atoms with Crippen LogP contribution in [0.15, 0.2) is 29.2 Å². The fourth-order valence-electron chi connectivity index (χ4n) is 1.77. The third kappa shape index (κ3) is 2.86. The molecule has 0 radical (unpaired) electrons. The second-order valence-corrected chi connectivity index (χ2v) is 6.46. The van der Waals surface area contributed by atoms with Crippen LogP contribution in [-0.4, -0.2) is 21.0 Å². The number of benzene rings is 1. The van der Waals surface area contributed by atoms with Gasteiger partial charge in [-0.15, -0.1) is 0 Å². The van der Waals surface area contributed by atoms with Gasteiger partial charge in [0.1, 0.15) is 0 Å². The van der Waals surface area contributed by atoms with Gasteiger partial charge in [-0.2, -0.15) is 0 Å². The van der Waals surface area contributed by atoms with Crippen molar-refractivity contribution in [3.63, 3.8) is 0 Å². The van der Waals surface area contributed by atoms with Crippen LogP contribution in [-0.2, 0) is 16.6 Å². The second kappa shape index (κ2) is 4.40. The van der Waals surface area contributed by atoms with Crippen molar-refractivity contribution < 1.29 is 8.42 Å². The minimum Gasteiger partial charge on any atom is -0.316 e. The van der Waals surface area contributed by atoms with Crippen molar-refractivity contribution in [1.29, 1.82) is 0 Å². The van der Waals surface area contributed by atoms with E-state index in [-0.39, 0.29) is 5.54 Å². The van der Waals surface area contributed by atoms with Crippen molar-refractivity contribution in [1.82, 2.24) is 10.0 Å². The van der Waals surface area contributed by atoms with Crippen LogP contribution in [0.25, 0.3) is 0 Å². The summed E-state index contributed by atoms with van der Waals surface area (Å²) in [7, 11) is -1.59. The highest BCUT2D eigenvalue weighted by atomic mass is 32.2. The van der Waals surface area contributed by atoms with Gasteiger partial charge in [-0.1, -0.05) is 18.2 Å². The van der Waals surface area contributed by atoms with Crippen molar-refractivity contribution in [3.8, 4) is 0 Å². The molecule has 0 heterocycles. The highest BCUT2D eigenvalue weighted by molar-refractivity contribution is 7.89. The van der Waals surface area contributed by atoms with Gasteiger partial charge in [0.2, 0.25) is 10.0 Å². The van der Waals surface area contributed by atoms with E-state index >= 15 is 0 Å². The molecule has 1 saturated carbocycles. The van der Waals surface area contributed by atoms with Crippen molar-refractivity contribution in [2.45, 2.75) is 36.7 Å². The summed E-state index contributed by atoms with van der Waals surface area (Å²) in [5.74, 6) is 0. The molecule has 0 amide bonds. The molecule has 0 saturated heterocycles. The smallest absolute Gasteiger partial charge is 0.241 e. The van der Waals surface area contributed by atoms with E-state index in [1.165, 1.54) is 0 Å². The zero-order chi connectivity index (χ0) is 12.5. The van der Waals surface area contributed by atoms with Crippen LogP contribution in [0.1, 0.15) is 25.3 Å². The Morgan fingerprint density at radius 2 is 1.94 bits per heavy atom. The maximum absolute atomic E-state index is 12.2. The first kappa shape index (κ1) is 12.5. The highest BCUT2D eigenvalue weighted by Gasteiger charge is 2.41. The molecule has 17 heavy (non-hydrogen) atoms. The molecule has 0 spiro atoms. The third-order valence-electron chi connectivity index (χ3n) is 3.01. The molecule has 1 aliphatic carbocycles. The van der Waals surface area contributed by atoms with E-state index in [1.807, 2.05) is 19.1 Å². The van der Waals surface area contributed by atoms with Crippen LogP contribution < -0.4 is 10.0 Å². The topological polar surface area (TPSA) is 58.2 Å². The predicted molar refractivity (Wildman–Crippen MR) is 67.2 cm³/mol. The minimum absolute atomic E-state index is 0.231. The maximum Gasteiger partial charge on any atom is 0.241 e. The lowest BCUT2D eigenvalue weighted by Gasteiger charge is -2.14. The number of sulfonamides is 1. The number of nitrogens with one attached hydrogen (secondary N) is 2. The van der Waals surface area contributed by atoms with Gasteiger partial charge in [-0.05, 0) is 38.4 Å². The van der Waals surface area contributed by atoms with Gasteiger partial charge in [0.15, 0.2) is 0 Å². The Hall–Kier alpha value is -0.910. The molecule has 4 nitrogen and oxygen atoms in total. The van der Waals surface area contributed by atoms with Crippen LogP contribution >= 0.6 is 0 Å². The largest absolute Gasteiger partial charge is 0.316 e. The van der Waals surface area contributed by atoms with Crippen molar-refractivity contribution >= 4 is 10.0 Å². The summed E-state index contributed by atoms with van der Waals surface area (Å²) in [6, 6.07) is 7.09. The summed E-state index contributed by atoms with van der Waals surface area (Å²) in [5, 5.41) is 2.98. The normalized spacial score (nSPS) is 18.0.